The SMILES string of the molecule is c1cc2c(cc1N1CCC3(CCCC3)CC1)N=C(N1CCCCC1)C2. The van der Waals surface area contributed by atoms with E-state index < -0.39 is 0 Å². The lowest BCUT2D eigenvalue weighted by molar-refractivity contribution is 0.226. The first-order chi connectivity index (χ1) is 12.3. The van der Waals surface area contributed by atoms with Crippen molar-refractivity contribution in [2.24, 2.45) is 10.4 Å². The fourth-order valence-corrected chi connectivity index (χ4v) is 5.55. The Bertz CT molecular complexity index is 656. The third-order valence-corrected chi connectivity index (χ3v) is 7.24. The number of hydrogen-bond donors (Lipinski definition) is 0. The van der Waals surface area contributed by atoms with E-state index in [9.17, 15) is 0 Å². The fourth-order valence-electron chi connectivity index (χ4n) is 5.55. The number of rotatable bonds is 1. The zero-order chi connectivity index (χ0) is 16.7. The Hall–Kier alpha value is -1.51. The van der Waals surface area contributed by atoms with Crippen molar-refractivity contribution < 1.29 is 0 Å². The number of anilines is 1. The monoisotopic (exact) mass is 337 g/mol. The summed E-state index contributed by atoms with van der Waals surface area (Å²) in [7, 11) is 0. The van der Waals surface area contributed by atoms with Crippen molar-refractivity contribution >= 4 is 17.2 Å². The third-order valence-electron chi connectivity index (χ3n) is 7.24. The Labute approximate surface area is 152 Å². The minimum absolute atomic E-state index is 0.701. The molecule has 4 aliphatic rings. The summed E-state index contributed by atoms with van der Waals surface area (Å²) in [6.45, 7) is 4.88. The van der Waals surface area contributed by atoms with E-state index in [4.69, 9.17) is 4.99 Å². The predicted molar refractivity (Wildman–Crippen MR) is 105 cm³/mol. The van der Waals surface area contributed by atoms with Gasteiger partial charge in [0, 0.05) is 38.3 Å². The van der Waals surface area contributed by atoms with Crippen LogP contribution >= 0.6 is 0 Å². The quantitative estimate of drug-likeness (QED) is 0.724. The van der Waals surface area contributed by atoms with E-state index in [1.54, 1.807) is 0 Å². The van der Waals surface area contributed by atoms with Crippen LogP contribution in [0.1, 0.15) is 63.4 Å². The maximum atomic E-state index is 5.02. The molecule has 25 heavy (non-hydrogen) atoms. The molecule has 0 amide bonds. The lowest BCUT2D eigenvalue weighted by atomic mass is 9.77. The molecule has 1 saturated carbocycles. The summed E-state index contributed by atoms with van der Waals surface area (Å²) in [6, 6.07) is 7.05. The molecular weight excluding hydrogens is 306 g/mol. The minimum Gasteiger partial charge on any atom is -0.371 e. The van der Waals surface area contributed by atoms with Gasteiger partial charge in [0.2, 0.25) is 0 Å². The van der Waals surface area contributed by atoms with Gasteiger partial charge in [0.05, 0.1) is 5.69 Å². The first-order valence-corrected chi connectivity index (χ1v) is 10.5. The highest BCUT2D eigenvalue weighted by Gasteiger charge is 2.37. The maximum Gasteiger partial charge on any atom is 0.109 e. The van der Waals surface area contributed by atoms with Crippen molar-refractivity contribution in [3.63, 3.8) is 0 Å². The Balaban J connectivity index is 1.30. The number of piperidine rings is 2. The molecule has 3 fully saturated rings. The van der Waals surface area contributed by atoms with E-state index in [0.717, 1.165) is 6.42 Å². The van der Waals surface area contributed by atoms with Crippen LogP contribution in [0.4, 0.5) is 11.4 Å². The van der Waals surface area contributed by atoms with Gasteiger partial charge in [-0.25, -0.2) is 4.99 Å². The second-order valence-electron chi connectivity index (χ2n) is 8.76. The molecule has 0 unspecified atom stereocenters. The summed E-state index contributed by atoms with van der Waals surface area (Å²) in [5.41, 5.74) is 4.76. The average molecular weight is 338 g/mol. The molecule has 134 valence electrons. The molecule has 3 nitrogen and oxygen atoms in total. The average Bonchev–Trinajstić information content (AvgIpc) is 3.30. The highest BCUT2D eigenvalue weighted by atomic mass is 15.2. The van der Waals surface area contributed by atoms with E-state index in [-0.39, 0.29) is 0 Å². The summed E-state index contributed by atoms with van der Waals surface area (Å²) >= 11 is 0. The number of amidine groups is 1. The maximum absolute atomic E-state index is 5.02. The van der Waals surface area contributed by atoms with Crippen molar-refractivity contribution in [2.75, 3.05) is 31.1 Å². The number of benzene rings is 1. The Morgan fingerprint density at radius 2 is 1.52 bits per heavy atom. The summed E-state index contributed by atoms with van der Waals surface area (Å²) in [4.78, 5) is 10.1. The second-order valence-corrected chi connectivity index (χ2v) is 8.76. The van der Waals surface area contributed by atoms with Crippen LogP contribution in [0.5, 0.6) is 0 Å². The van der Waals surface area contributed by atoms with E-state index in [1.807, 2.05) is 0 Å². The second kappa shape index (κ2) is 6.34. The highest BCUT2D eigenvalue weighted by molar-refractivity contribution is 5.93. The third kappa shape index (κ3) is 2.96. The van der Waals surface area contributed by atoms with Gasteiger partial charge in [-0.3, -0.25) is 0 Å². The zero-order valence-electron chi connectivity index (χ0n) is 15.5. The Kier molecular flexibility index (Phi) is 3.98. The van der Waals surface area contributed by atoms with Crippen molar-refractivity contribution in [3.05, 3.63) is 23.8 Å². The predicted octanol–water partition coefficient (Wildman–Crippen LogP) is 4.92. The molecular formula is C22H31N3. The molecule has 0 radical (unpaired) electrons. The highest BCUT2D eigenvalue weighted by Crippen LogP contribution is 2.47. The number of likely N-dealkylation sites (tertiary alicyclic amines) is 1. The van der Waals surface area contributed by atoms with Crippen LogP contribution in [0.15, 0.2) is 23.2 Å². The number of aliphatic imine (C=N–C) groups is 1. The molecule has 5 rings (SSSR count). The van der Waals surface area contributed by atoms with Crippen LogP contribution in [0, 0.1) is 5.41 Å². The van der Waals surface area contributed by atoms with Gasteiger partial charge in [0.25, 0.3) is 0 Å². The lowest BCUT2D eigenvalue weighted by Crippen LogP contribution is -2.38. The van der Waals surface area contributed by atoms with Crippen molar-refractivity contribution in [2.45, 2.75) is 64.2 Å². The van der Waals surface area contributed by atoms with Crippen molar-refractivity contribution in [1.82, 2.24) is 4.90 Å². The Morgan fingerprint density at radius 3 is 2.28 bits per heavy atom. The minimum atomic E-state index is 0.701. The summed E-state index contributed by atoms with van der Waals surface area (Å²) in [6.07, 6.45) is 13.8. The molecule has 0 bridgehead atoms. The van der Waals surface area contributed by atoms with Crippen LogP contribution < -0.4 is 4.90 Å². The zero-order valence-corrected chi connectivity index (χ0v) is 15.5. The van der Waals surface area contributed by atoms with Gasteiger partial charge in [-0.15, -0.1) is 0 Å². The van der Waals surface area contributed by atoms with Crippen LogP contribution in [-0.2, 0) is 6.42 Å². The molecule has 3 heteroatoms. The molecule has 0 atom stereocenters. The molecule has 3 aliphatic heterocycles. The standard InChI is InChI=1S/C22H31N3/c1-4-12-25(13-5-1)21-16-18-6-7-19(17-20(18)23-21)24-14-10-22(11-15-24)8-2-3-9-22/h6-7,17H,1-5,8-16H2. The van der Waals surface area contributed by atoms with E-state index >= 15 is 0 Å². The van der Waals surface area contributed by atoms with Crippen LogP contribution in [0.2, 0.25) is 0 Å². The normalized spacial score (nSPS) is 25.4. The van der Waals surface area contributed by atoms with Crippen molar-refractivity contribution in [3.8, 4) is 0 Å². The van der Waals surface area contributed by atoms with E-state index in [2.05, 4.69) is 28.0 Å². The van der Waals surface area contributed by atoms with Crippen LogP contribution in [-0.4, -0.2) is 36.9 Å². The van der Waals surface area contributed by atoms with E-state index in [0.29, 0.717) is 5.41 Å². The summed E-state index contributed by atoms with van der Waals surface area (Å²) in [5, 5.41) is 0. The van der Waals surface area contributed by atoms with E-state index in [1.165, 1.54) is 107 Å². The smallest absolute Gasteiger partial charge is 0.109 e. The molecule has 2 saturated heterocycles. The molecule has 0 N–H and O–H groups in total. The largest absolute Gasteiger partial charge is 0.371 e. The number of hydrogen-bond acceptors (Lipinski definition) is 3. The molecule has 1 aliphatic carbocycles. The summed E-state index contributed by atoms with van der Waals surface area (Å²) in [5.74, 6) is 1.32. The molecule has 1 aromatic rings. The Morgan fingerprint density at radius 1 is 0.760 bits per heavy atom. The topological polar surface area (TPSA) is 18.8 Å². The number of nitrogens with zero attached hydrogens (tertiary/aromatic N) is 3. The van der Waals surface area contributed by atoms with Gasteiger partial charge in [-0.05, 0) is 68.1 Å². The first kappa shape index (κ1) is 15.7. The molecule has 3 heterocycles. The van der Waals surface area contributed by atoms with Gasteiger partial charge >= 0.3 is 0 Å². The number of fused-ring (bicyclic) bond motifs is 1. The molecule has 1 spiro atoms. The summed E-state index contributed by atoms with van der Waals surface area (Å²) < 4.78 is 0. The van der Waals surface area contributed by atoms with Gasteiger partial charge in [-0.2, -0.15) is 0 Å². The lowest BCUT2D eigenvalue weighted by Gasteiger charge is -2.40. The molecule has 0 aromatic heterocycles. The van der Waals surface area contributed by atoms with Crippen LogP contribution in [0.3, 0.4) is 0 Å². The van der Waals surface area contributed by atoms with Crippen LogP contribution in [0.25, 0.3) is 0 Å². The first-order valence-electron chi connectivity index (χ1n) is 10.5. The van der Waals surface area contributed by atoms with Gasteiger partial charge in [0.15, 0.2) is 0 Å². The van der Waals surface area contributed by atoms with Gasteiger partial charge in [-0.1, -0.05) is 18.9 Å². The van der Waals surface area contributed by atoms with Crippen molar-refractivity contribution in [1.29, 1.82) is 0 Å². The van der Waals surface area contributed by atoms with Gasteiger partial charge in [0.1, 0.15) is 5.84 Å². The molecule has 1 aromatic carbocycles. The van der Waals surface area contributed by atoms with Gasteiger partial charge < -0.3 is 9.80 Å². The fraction of sp³-hybridized carbons (Fsp3) is 0.682.